The Bertz CT molecular complexity index is 1820. The van der Waals surface area contributed by atoms with Gasteiger partial charge < -0.3 is 89.7 Å². The standard InChI is InChI=1S/C48H78O19/c1-20-10-13-48(15-14-46(6)23(29(48)21(20)2)8-9-28-44(4)16-24(51)39(60)45(5,19-50)27(44)11-12-47(28,46)7)43(61)67-42-36(58)33(55)31(53)26(65-42)18-62-40-37(59)34(56)38(25(17-49)64-40)66-41-35(57)32(54)30(52)22(3)63-41/h10,21-42,49-60H,8-9,11-19H2,1-7H3. The summed E-state index contributed by atoms with van der Waals surface area (Å²) in [4.78, 5) is 15.0. The van der Waals surface area contributed by atoms with Gasteiger partial charge in [0.1, 0.15) is 67.1 Å². The molecule has 67 heavy (non-hydrogen) atoms. The molecule has 3 heterocycles. The van der Waals surface area contributed by atoms with Crippen molar-refractivity contribution < 1.29 is 94.5 Å². The molecule has 3 aliphatic heterocycles. The summed E-state index contributed by atoms with van der Waals surface area (Å²) < 4.78 is 34.7. The molecule has 4 saturated carbocycles. The molecule has 3 saturated heterocycles. The number of hydrogen-bond acceptors (Lipinski definition) is 19. The van der Waals surface area contributed by atoms with Gasteiger partial charge in [-0.2, -0.15) is 0 Å². The molecule has 12 N–H and O–H groups in total. The van der Waals surface area contributed by atoms with E-state index in [1.54, 1.807) is 0 Å². The van der Waals surface area contributed by atoms with Crippen LogP contribution < -0.4 is 0 Å². The average molecular weight is 959 g/mol. The van der Waals surface area contributed by atoms with E-state index >= 15 is 4.79 Å². The number of carbonyl (C=O) groups is 1. The molecule has 8 aliphatic rings. The largest absolute Gasteiger partial charge is 0.432 e. The highest BCUT2D eigenvalue weighted by molar-refractivity contribution is 5.78. The minimum absolute atomic E-state index is 0.00890. The molecule has 27 atom stereocenters. The van der Waals surface area contributed by atoms with Gasteiger partial charge in [0.15, 0.2) is 12.6 Å². The summed E-state index contributed by atoms with van der Waals surface area (Å²) in [5.41, 5.74) is -1.48. The smallest absolute Gasteiger partial charge is 0.315 e. The Morgan fingerprint density at radius 3 is 2.01 bits per heavy atom. The number of allylic oxidation sites excluding steroid dienone is 2. The normalized spacial score (nSPS) is 56.7. The second-order valence-corrected chi connectivity index (χ2v) is 22.9. The van der Waals surface area contributed by atoms with Gasteiger partial charge in [-0.1, -0.05) is 46.3 Å². The summed E-state index contributed by atoms with van der Waals surface area (Å²) >= 11 is 0. The first-order chi connectivity index (χ1) is 31.4. The number of fused-ring (bicyclic) bond motifs is 7. The fraction of sp³-hybridized carbons (Fsp3) is 0.938. The van der Waals surface area contributed by atoms with E-state index in [0.29, 0.717) is 25.7 Å². The predicted octanol–water partition coefficient (Wildman–Crippen LogP) is -1.03. The highest BCUT2D eigenvalue weighted by Crippen LogP contribution is 2.77. The molecule has 384 valence electrons. The Hall–Kier alpha value is -1.47. The predicted molar refractivity (Wildman–Crippen MR) is 231 cm³/mol. The molecule has 0 amide bonds. The number of aliphatic hydroxyl groups excluding tert-OH is 12. The van der Waals surface area contributed by atoms with Crippen molar-refractivity contribution >= 4 is 5.97 Å². The molecular weight excluding hydrogens is 881 g/mol. The molecule has 0 aromatic rings. The van der Waals surface area contributed by atoms with E-state index in [9.17, 15) is 61.3 Å². The van der Waals surface area contributed by atoms with Crippen molar-refractivity contribution in [1.29, 1.82) is 0 Å². The summed E-state index contributed by atoms with van der Waals surface area (Å²) in [6.45, 7) is 12.9. The summed E-state index contributed by atoms with van der Waals surface area (Å²) in [5, 5.41) is 130. The maximum absolute atomic E-state index is 15.0. The van der Waals surface area contributed by atoms with Crippen molar-refractivity contribution in [2.24, 2.45) is 56.7 Å². The molecule has 19 nitrogen and oxygen atoms in total. The van der Waals surface area contributed by atoms with Gasteiger partial charge in [-0.15, -0.1) is 0 Å². The van der Waals surface area contributed by atoms with Gasteiger partial charge in [0.25, 0.3) is 0 Å². The average Bonchev–Trinajstić information content (AvgIpc) is 3.29. The topological polar surface area (TPSA) is 315 Å². The zero-order valence-corrected chi connectivity index (χ0v) is 39.8. The fourth-order valence-corrected chi connectivity index (χ4v) is 15.6. The molecule has 8 rings (SSSR count). The van der Waals surface area contributed by atoms with E-state index in [-0.39, 0.29) is 52.4 Å². The van der Waals surface area contributed by atoms with Crippen LogP contribution in [0.1, 0.15) is 99.8 Å². The van der Waals surface area contributed by atoms with Gasteiger partial charge in [-0.05, 0) is 111 Å². The van der Waals surface area contributed by atoms with Crippen LogP contribution >= 0.6 is 0 Å². The molecule has 7 fully saturated rings. The van der Waals surface area contributed by atoms with Gasteiger partial charge in [0.2, 0.25) is 6.29 Å². The molecule has 0 aromatic carbocycles. The maximum Gasteiger partial charge on any atom is 0.315 e. The van der Waals surface area contributed by atoms with Crippen LogP contribution in [0, 0.1) is 56.7 Å². The quantitative estimate of drug-likeness (QED) is 0.0971. The van der Waals surface area contributed by atoms with Crippen molar-refractivity contribution in [1.82, 2.24) is 0 Å². The Balaban J connectivity index is 0.972. The van der Waals surface area contributed by atoms with Crippen LogP contribution in [0.2, 0.25) is 0 Å². The zero-order valence-electron chi connectivity index (χ0n) is 39.8. The lowest BCUT2D eigenvalue weighted by atomic mass is 9.31. The third-order valence-electron chi connectivity index (χ3n) is 19.9. The second-order valence-electron chi connectivity index (χ2n) is 22.9. The Morgan fingerprint density at radius 2 is 1.34 bits per heavy atom. The minimum atomic E-state index is -1.86. The SMILES string of the molecule is CC1=CCC2(C(=O)OC3OC(COC4OC(CO)C(OC5OC(C)C(O)C(O)C5O)C(O)C4O)C(O)C(O)C3O)CCC3(C)C(CCC4C5(C)CC(O)C(O)C(C)(CO)C5CCC43C)C2C1C. The van der Waals surface area contributed by atoms with Crippen LogP contribution in [0.15, 0.2) is 11.6 Å². The van der Waals surface area contributed by atoms with E-state index in [0.717, 1.165) is 25.7 Å². The van der Waals surface area contributed by atoms with Crippen molar-refractivity contribution in [2.75, 3.05) is 19.8 Å². The second kappa shape index (κ2) is 18.5. The molecular formula is C48H78O19. The van der Waals surface area contributed by atoms with Crippen molar-refractivity contribution in [3.8, 4) is 0 Å². The van der Waals surface area contributed by atoms with Gasteiger partial charge in [0, 0.05) is 5.41 Å². The third-order valence-corrected chi connectivity index (χ3v) is 19.9. The first kappa shape index (κ1) is 51.9. The highest BCUT2D eigenvalue weighted by Gasteiger charge is 2.72. The Labute approximate surface area is 392 Å². The zero-order chi connectivity index (χ0) is 49.1. The lowest BCUT2D eigenvalue weighted by Gasteiger charge is -2.73. The monoisotopic (exact) mass is 959 g/mol. The van der Waals surface area contributed by atoms with E-state index in [2.05, 4.69) is 40.7 Å². The Kier molecular flexibility index (Phi) is 14.4. The number of hydrogen-bond donors (Lipinski definition) is 12. The van der Waals surface area contributed by atoms with Crippen molar-refractivity contribution in [3.63, 3.8) is 0 Å². The van der Waals surface area contributed by atoms with Gasteiger partial charge in [-0.3, -0.25) is 4.79 Å². The Morgan fingerprint density at radius 1 is 0.701 bits per heavy atom. The summed E-state index contributed by atoms with van der Waals surface area (Å²) in [6, 6.07) is 0. The van der Waals surface area contributed by atoms with Crippen LogP contribution in [0.5, 0.6) is 0 Å². The highest BCUT2D eigenvalue weighted by atomic mass is 16.8. The number of aliphatic hydroxyl groups is 12. The maximum atomic E-state index is 15.0. The number of rotatable bonds is 9. The molecule has 0 aromatic heterocycles. The molecule has 0 bridgehead atoms. The molecule has 19 heteroatoms. The van der Waals surface area contributed by atoms with Gasteiger partial charge in [0.05, 0.1) is 43.5 Å². The summed E-state index contributed by atoms with van der Waals surface area (Å²) in [5.74, 6) is -0.496. The van der Waals surface area contributed by atoms with Crippen LogP contribution in [0.25, 0.3) is 0 Å². The van der Waals surface area contributed by atoms with E-state index in [4.69, 9.17) is 28.4 Å². The van der Waals surface area contributed by atoms with Crippen LogP contribution in [0.3, 0.4) is 0 Å². The molecule has 27 unspecified atom stereocenters. The van der Waals surface area contributed by atoms with Crippen LogP contribution in [0.4, 0.5) is 0 Å². The van der Waals surface area contributed by atoms with Crippen molar-refractivity contribution in [3.05, 3.63) is 11.6 Å². The first-order valence-corrected chi connectivity index (χ1v) is 24.5. The van der Waals surface area contributed by atoms with E-state index < -0.39 is 134 Å². The van der Waals surface area contributed by atoms with Crippen LogP contribution in [-0.2, 0) is 33.2 Å². The van der Waals surface area contributed by atoms with Gasteiger partial charge >= 0.3 is 5.97 Å². The lowest BCUT2D eigenvalue weighted by Crippen LogP contribution is -2.70. The lowest BCUT2D eigenvalue weighted by molar-refractivity contribution is -0.361. The molecule has 5 aliphatic carbocycles. The van der Waals surface area contributed by atoms with E-state index in [1.807, 2.05) is 6.92 Å². The molecule has 0 spiro atoms. The molecule has 0 radical (unpaired) electrons. The minimum Gasteiger partial charge on any atom is -0.432 e. The number of carbonyl (C=O) groups excluding carboxylic acids is 1. The van der Waals surface area contributed by atoms with Crippen LogP contribution in [-0.4, -0.2) is 191 Å². The number of esters is 1. The number of ether oxygens (including phenoxy) is 6. The third kappa shape index (κ3) is 7.92. The van der Waals surface area contributed by atoms with Crippen molar-refractivity contribution in [2.45, 2.75) is 204 Å². The summed E-state index contributed by atoms with van der Waals surface area (Å²) in [6.07, 6.45) is -18.9. The summed E-state index contributed by atoms with van der Waals surface area (Å²) in [7, 11) is 0. The van der Waals surface area contributed by atoms with Gasteiger partial charge in [-0.25, -0.2) is 0 Å². The fourth-order valence-electron chi connectivity index (χ4n) is 15.6. The first-order valence-electron chi connectivity index (χ1n) is 24.5. The van der Waals surface area contributed by atoms with E-state index in [1.165, 1.54) is 12.5 Å².